The lowest BCUT2D eigenvalue weighted by Gasteiger charge is -2.50. The lowest BCUT2D eigenvalue weighted by atomic mass is 9.91. The number of nitrogens with zero attached hydrogens (tertiary/aromatic N) is 2. The van der Waals surface area contributed by atoms with Crippen LogP contribution in [0.3, 0.4) is 0 Å². The topological polar surface area (TPSA) is 84.0 Å². The van der Waals surface area contributed by atoms with Crippen molar-refractivity contribution in [2.45, 2.75) is 59.2 Å². The number of anilines is 1. The Hall–Kier alpha value is -2.70. The number of carbonyl (C=O) groups is 4. The zero-order valence-electron chi connectivity index (χ0n) is 16.9. The molecule has 0 radical (unpaired) electrons. The number of carbonyl (C=O) groups excluding carboxylic acids is 4. The van der Waals surface area contributed by atoms with Crippen molar-refractivity contribution in [3.63, 3.8) is 0 Å². The number of amides is 2. The standard InChI is InChI=1S/C21H26N2O5/c1-13(2)22-18(26)14-8-6-7-9-15(14)23-17(25)10-11-21(22,23)19(27)28-12-16(24)20(3,4)5/h6-9,13H,10-12H2,1-5H3. The summed E-state index contributed by atoms with van der Waals surface area (Å²) < 4.78 is 5.39. The van der Waals surface area contributed by atoms with E-state index in [1.54, 1.807) is 58.9 Å². The molecule has 1 aromatic carbocycles. The molecule has 1 aromatic rings. The van der Waals surface area contributed by atoms with Crippen LogP contribution < -0.4 is 4.90 Å². The van der Waals surface area contributed by atoms with Crippen molar-refractivity contribution in [2.75, 3.05) is 11.5 Å². The first-order valence-corrected chi connectivity index (χ1v) is 9.48. The van der Waals surface area contributed by atoms with Crippen LogP contribution in [-0.2, 0) is 19.1 Å². The second-order valence-electron chi connectivity index (χ2n) is 8.58. The molecule has 0 bridgehead atoms. The van der Waals surface area contributed by atoms with Gasteiger partial charge in [0.2, 0.25) is 11.6 Å². The molecule has 28 heavy (non-hydrogen) atoms. The van der Waals surface area contributed by atoms with Gasteiger partial charge in [0.1, 0.15) is 0 Å². The largest absolute Gasteiger partial charge is 0.455 e. The molecule has 1 saturated heterocycles. The smallest absolute Gasteiger partial charge is 0.354 e. The Morgan fingerprint density at radius 2 is 1.82 bits per heavy atom. The Bertz CT molecular complexity index is 855. The van der Waals surface area contributed by atoms with Crippen LogP contribution in [0.1, 0.15) is 57.8 Å². The maximum absolute atomic E-state index is 13.3. The maximum Gasteiger partial charge on any atom is 0.354 e. The van der Waals surface area contributed by atoms with Gasteiger partial charge in [0.05, 0.1) is 11.3 Å². The number of ketones is 1. The first-order chi connectivity index (χ1) is 13.0. The van der Waals surface area contributed by atoms with Crippen molar-refractivity contribution in [3.05, 3.63) is 29.8 Å². The summed E-state index contributed by atoms with van der Waals surface area (Å²) in [5.74, 6) is -1.54. The van der Waals surface area contributed by atoms with E-state index < -0.39 is 23.7 Å². The summed E-state index contributed by atoms with van der Waals surface area (Å²) in [6.45, 7) is 8.42. The van der Waals surface area contributed by atoms with Gasteiger partial charge >= 0.3 is 5.97 Å². The lowest BCUT2D eigenvalue weighted by molar-refractivity contribution is -0.161. The number of esters is 1. The molecule has 0 aliphatic carbocycles. The SMILES string of the molecule is CC(C)N1C(=O)c2ccccc2N2C(=O)CCC21C(=O)OCC(=O)C(C)(C)C. The Morgan fingerprint density at radius 3 is 2.43 bits per heavy atom. The fourth-order valence-electron chi connectivity index (χ4n) is 3.84. The van der Waals surface area contributed by atoms with E-state index in [0.717, 1.165) is 0 Å². The van der Waals surface area contributed by atoms with Crippen LogP contribution in [0.25, 0.3) is 0 Å². The Balaban J connectivity index is 2.07. The summed E-state index contributed by atoms with van der Waals surface area (Å²) in [6.07, 6.45) is 0.250. The summed E-state index contributed by atoms with van der Waals surface area (Å²) in [5.41, 5.74) is -1.43. The van der Waals surface area contributed by atoms with Gasteiger partial charge in [-0.1, -0.05) is 32.9 Å². The molecule has 2 aliphatic heterocycles. The van der Waals surface area contributed by atoms with Crippen LogP contribution in [0.15, 0.2) is 24.3 Å². The van der Waals surface area contributed by atoms with E-state index in [4.69, 9.17) is 4.74 Å². The minimum atomic E-state index is -1.56. The Morgan fingerprint density at radius 1 is 1.18 bits per heavy atom. The van der Waals surface area contributed by atoms with E-state index in [1.807, 2.05) is 0 Å². The highest BCUT2D eigenvalue weighted by Gasteiger charge is 2.62. The van der Waals surface area contributed by atoms with Crippen molar-refractivity contribution in [1.82, 2.24) is 4.90 Å². The fourth-order valence-corrected chi connectivity index (χ4v) is 3.84. The number of hydrogen-bond donors (Lipinski definition) is 0. The molecule has 2 amide bonds. The molecular formula is C21H26N2O5. The van der Waals surface area contributed by atoms with E-state index in [-0.39, 0.29) is 36.5 Å². The third kappa shape index (κ3) is 2.89. The van der Waals surface area contributed by atoms with Gasteiger partial charge in [-0.2, -0.15) is 0 Å². The predicted molar refractivity (Wildman–Crippen MR) is 103 cm³/mol. The molecule has 3 rings (SSSR count). The molecule has 7 nitrogen and oxygen atoms in total. The van der Waals surface area contributed by atoms with E-state index in [9.17, 15) is 19.2 Å². The second-order valence-corrected chi connectivity index (χ2v) is 8.58. The molecule has 2 aliphatic rings. The fraction of sp³-hybridized carbons (Fsp3) is 0.524. The van der Waals surface area contributed by atoms with Gasteiger partial charge in [-0.05, 0) is 26.0 Å². The minimum Gasteiger partial charge on any atom is -0.455 e. The van der Waals surface area contributed by atoms with Crippen molar-refractivity contribution < 1.29 is 23.9 Å². The average molecular weight is 386 g/mol. The number of rotatable bonds is 4. The second kappa shape index (κ2) is 6.72. The van der Waals surface area contributed by atoms with Crippen LogP contribution in [0, 0.1) is 5.41 Å². The predicted octanol–water partition coefficient (Wildman–Crippen LogP) is 2.53. The third-order valence-electron chi connectivity index (χ3n) is 5.31. The molecule has 1 unspecified atom stereocenters. The molecule has 0 spiro atoms. The van der Waals surface area contributed by atoms with E-state index in [1.165, 1.54) is 9.80 Å². The van der Waals surface area contributed by atoms with Gasteiger partial charge in [0.15, 0.2) is 12.4 Å². The van der Waals surface area contributed by atoms with Crippen LogP contribution in [0.5, 0.6) is 0 Å². The first kappa shape index (κ1) is 20.0. The van der Waals surface area contributed by atoms with Gasteiger partial charge in [0.25, 0.3) is 5.91 Å². The maximum atomic E-state index is 13.3. The third-order valence-corrected chi connectivity index (χ3v) is 5.31. The van der Waals surface area contributed by atoms with Crippen LogP contribution in [0.4, 0.5) is 5.69 Å². The van der Waals surface area contributed by atoms with Crippen molar-refractivity contribution in [2.24, 2.45) is 5.41 Å². The lowest BCUT2D eigenvalue weighted by Crippen LogP contribution is -2.70. The number of Topliss-reactive ketones (excluding diaryl/α,β-unsaturated/α-hetero) is 1. The molecule has 1 fully saturated rings. The summed E-state index contributed by atoms with van der Waals surface area (Å²) in [5, 5.41) is 0. The zero-order chi connectivity index (χ0) is 20.9. The quantitative estimate of drug-likeness (QED) is 0.743. The van der Waals surface area contributed by atoms with Crippen molar-refractivity contribution in [3.8, 4) is 0 Å². The molecule has 0 aromatic heterocycles. The summed E-state index contributed by atoms with van der Waals surface area (Å²) in [6, 6.07) is 6.42. The van der Waals surface area contributed by atoms with Gasteiger partial charge in [-0.25, -0.2) is 4.79 Å². The van der Waals surface area contributed by atoms with E-state index >= 15 is 0 Å². The van der Waals surface area contributed by atoms with E-state index in [2.05, 4.69) is 0 Å². The molecule has 0 saturated carbocycles. The molecule has 1 atom stereocenters. The van der Waals surface area contributed by atoms with Crippen molar-refractivity contribution >= 4 is 29.3 Å². The number of ether oxygens (including phenoxy) is 1. The molecule has 7 heteroatoms. The number of para-hydroxylation sites is 1. The summed E-state index contributed by atoms with van der Waals surface area (Å²) in [4.78, 5) is 54.3. The zero-order valence-corrected chi connectivity index (χ0v) is 16.9. The van der Waals surface area contributed by atoms with Crippen LogP contribution >= 0.6 is 0 Å². The normalized spacial score (nSPS) is 21.6. The highest BCUT2D eigenvalue weighted by Crippen LogP contribution is 2.46. The van der Waals surface area contributed by atoms with Gasteiger partial charge in [0, 0.05) is 24.3 Å². The molecule has 0 N–H and O–H groups in total. The number of benzene rings is 1. The molecular weight excluding hydrogens is 360 g/mol. The summed E-state index contributed by atoms with van der Waals surface area (Å²) >= 11 is 0. The monoisotopic (exact) mass is 386 g/mol. The average Bonchev–Trinajstić information content (AvgIpc) is 2.96. The highest BCUT2D eigenvalue weighted by atomic mass is 16.5. The molecule has 150 valence electrons. The minimum absolute atomic E-state index is 0.118. The van der Waals surface area contributed by atoms with Crippen molar-refractivity contribution in [1.29, 1.82) is 0 Å². The van der Waals surface area contributed by atoms with Gasteiger partial charge in [-0.3, -0.25) is 19.3 Å². The Kier molecular flexibility index (Phi) is 4.81. The highest BCUT2D eigenvalue weighted by molar-refractivity contribution is 6.15. The van der Waals surface area contributed by atoms with Crippen LogP contribution in [0.2, 0.25) is 0 Å². The first-order valence-electron chi connectivity index (χ1n) is 9.48. The number of fused-ring (bicyclic) bond motifs is 3. The molecule has 2 heterocycles. The van der Waals surface area contributed by atoms with Crippen LogP contribution in [-0.4, -0.2) is 46.8 Å². The number of hydrogen-bond acceptors (Lipinski definition) is 5. The van der Waals surface area contributed by atoms with Gasteiger partial charge in [-0.15, -0.1) is 0 Å². The van der Waals surface area contributed by atoms with Gasteiger partial charge < -0.3 is 9.64 Å². The van der Waals surface area contributed by atoms with E-state index in [0.29, 0.717) is 11.3 Å². The Labute approximate surface area is 164 Å². The summed E-state index contributed by atoms with van der Waals surface area (Å²) in [7, 11) is 0.